The van der Waals surface area contributed by atoms with Crippen LogP contribution in [0, 0.1) is 0 Å². The molecule has 34 heavy (non-hydrogen) atoms. The van der Waals surface area contributed by atoms with Crippen molar-refractivity contribution in [1.82, 2.24) is 0 Å². The zero-order chi connectivity index (χ0) is 23.7. The Balaban J connectivity index is 0.00000117. The van der Waals surface area contributed by atoms with Gasteiger partial charge in [0, 0.05) is 21.6 Å². The lowest BCUT2D eigenvalue weighted by Gasteiger charge is -2.30. The normalized spacial score (nSPS) is 13.8. The Bertz CT molecular complexity index is 1490. The molecule has 0 saturated heterocycles. The van der Waals surface area contributed by atoms with Gasteiger partial charge in [-0.3, -0.25) is 0 Å². The quantitative estimate of drug-likeness (QED) is 0.204. The van der Waals surface area contributed by atoms with Crippen LogP contribution in [0.15, 0.2) is 91.0 Å². The second kappa shape index (κ2) is 9.37. The molecule has 5 aromatic carbocycles. The van der Waals surface area contributed by atoms with E-state index in [0.29, 0.717) is 0 Å². The summed E-state index contributed by atoms with van der Waals surface area (Å²) < 4.78 is 18.6. The third-order valence-electron chi connectivity index (χ3n) is 6.03. The van der Waals surface area contributed by atoms with E-state index < -0.39 is 8.15 Å². The second-order valence-corrected chi connectivity index (χ2v) is 9.51. The summed E-state index contributed by atoms with van der Waals surface area (Å²) in [4.78, 5) is 0. The van der Waals surface area contributed by atoms with Crippen LogP contribution in [0.4, 0.5) is 0 Å². The highest BCUT2D eigenvalue weighted by atomic mass is 31.1. The summed E-state index contributed by atoms with van der Waals surface area (Å²) in [5.74, 6) is 2.56. The van der Waals surface area contributed by atoms with E-state index in [0.717, 1.165) is 38.9 Å². The minimum atomic E-state index is -1.14. The van der Waals surface area contributed by atoms with Crippen molar-refractivity contribution in [2.75, 3.05) is 14.2 Å². The first-order chi connectivity index (χ1) is 16.8. The van der Waals surface area contributed by atoms with E-state index in [2.05, 4.69) is 78.9 Å². The predicted molar refractivity (Wildman–Crippen MR) is 145 cm³/mol. The number of methoxy groups -OCH3 is 2. The summed E-state index contributed by atoms with van der Waals surface area (Å²) >= 11 is 0. The lowest BCUT2D eigenvalue weighted by atomic mass is 10.0. The first-order valence-electron chi connectivity index (χ1n) is 11.5. The fraction of sp³-hybridized carbons (Fsp3) is 0.133. The second-order valence-electron chi connectivity index (χ2n) is 7.78. The van der Waals surface area contributed by atoms with Crippen LogP contribution in [0.5, 0.6) is 17.2 Å². The van der Waals surface area contributed by atoms with Gasteiger partial charge in [0.25, 0.3) is 0 Å². The SMILES string of the molecule is CC.COc1cc(P2Oc3ccccc3-c3ccccc32)c(OC)c2cc3ccccc3cc12. The minimum Gasteiger partial charge on any atom is -0.496 e. The zero-order valence-electron chi connectivity index (χ0n) is 19.8. The maximum Gasteiger partial charge on any atom is 0.155 e. The molecule has 0 fully saturated rings. The van der Waals surface area contributed by atoms with E-state index in [1.807, 2.05) is 26.0 Å². The van der Waals surface area contributed by atoms with Crippen molar-refractivity contribution < 1.29 is 14.0 Å². The molecule has 0 bridgehead atoms. The molecule has 170 valence electrons. The van der Waals surface area contributed by atoms with Crippen LogP contribution in [-0.4, -0.2) is 14.2 Å². The van der Waals surface area contributed by atoms with Gasteiger partial charge in [-0.1, -0.05) is 80.6 Å². The molecule has 0 N–H and O–H groups in total. The van der Waals surface area contributed by atoms with Crippen molar-refractivity contribution in [2.45, 2.75) is 13.8 Å². The molecule has 5 aromatic rings. The van der Waals surface area contributed by atoms with Crippen LogP contribution in [0.2, 0.25) is 0 Å². The summed E-state index contributed by atoms with van der Waals surface area (Å²) in [6, 6.07) is 31.5. The van der Waals surface area contributed by atoms with E-state index >= 15 is 0 Å². The first-order valence-corrected chi connectivity index (χ1v) is 12.8. The van der Waals surface area contributed by atoms with Crippen LogP contribution in [-0.2, 0) is 0 Å². The van der Waals surface area contributed by atoms with Gasteiger partial charge < -0.3 is 14.0 Å². The standard InChI is InChI=1S/C28H21O3P.C2H6/c1-29-25-17-27(28(30-2)23-16-19-10-4-3-9-18(19)15-22(23)25)32-26-14-8-6-12-21(26)20-11-5-7-13-24(20)31-32;1-2/h3-17H,1-2H3;1-2H3. The van der Waals surface area contributed by atoms with Gasteiger partial charge in [0.05, 0.1) is 19.5 Å². The molecular weight excluding hydrogens is 439 g/mol. The Morgan fingerprint density at radius 1 is 0.618 bits per heavy atom. The molecule has 0 aromatic heterocycles. The topological polar surface area (TPSA) is 27.7 Å². The number of benzene rings is 5. The van der Waals surface area contributed by atoms with Gasteiger partial charge in [-0.05, 0) is 40.6 Å². The largest absolute Gasteiger partial charge is 0.496 e. The van der Waals surface area contributed by atoms with Gasteiger partial charge in [0.1, 0.15) is 17.2 Å². The molecule has 0 radical (unpaired) electrons. The highest BCUT2D eigenvalue weighted by molar-refractivity contribution is 7.69. The van der Waals surface area contributed by atoms with Crippen molar-refractivity contribution in [2.24, 2.45) is 0 Å². The average molecular weight is 467 g/mol. The van der Waals surface area contributed by atoms with Crippen molar-refractivity contribution in [3.05, 3.63) is 91.0 Å². The highest BCUT2D eigenvalue weighted by Gasteiger charge is 2.31. The number of ether oxygens (including phenoxy) is 2. The molecule has 3 nitrogen and oxygen atoms in total. The van der Waals surface area contributed by atoms with Crippen LogP contribution in [0.25, 0.3) is 32.7 Å². The van der Waals surface area contributed by atoms with E-state index in [4.69, 9.17) is 14.0 Å². The average Bonchev–Trinajstić information content (AvgIpc) is 2.91. The Hall–Kier alpha value is -3.55. The molecular formula is C30H27O3P. The van der Waals surface area contributed by atoms with Crippen LogP contribution >= 0.6 is 8.15 Å². The van der Waals surface area contributed by atoms with Gasteiger partial charge in [-0.25, -0.2) is 0 Å². The van der Waals surface area contributed by atoms with Crippen LogP contribution in [0.1, 0.15) is 13.8 Å². The smallest absolute Gasteiger partial charge is 0.155 e. The number of hydrogen-bond acceptors (Lipinski definition) is 3. The van der Waals surface area contributed by atoms with Gasteiger partial charge in [0.15, 0.2) is 8.15 Å². The maximum atomic E-state index is 6.65. The summed E-state index contributed by atoms with van der Waals surface area (Å²) in [5.41, 5.74) is 2.33. The van der Waals surface area contributed by atoms with Gasteiger partial charge in [0.2, 0.25) is 0 Å². The van der Waals surface area contributed by atoms with Crippen LogP contribution < -0.4 is 24.6 Å². The summed E-state index contributed by atoms with van der Waals surface area (Å²) in [6.07, 6.45) is 0. The highest BCUT2D eigenvalue weighted by Crippen LogP contribution is 2.51. The number of rotatable bonds is 3. The van der Waals surface area contributed by atoms with Crippen molar-refractivity contribution in [3.63, 3.8) is 0 Å². The number of para-hydroxylation sites is 1. The molecule has 1 aliphatic heterocycles. The monoisotopic (exact) mass is 466 g/mol. The molecule has 4 heteroatoms. The number of hydrogen-bond donors (Lipinski definition) is 0. The van der Waals surface area contributed by atoms with E-state index in [1.165, 1.54) is 21.6 Å². The Morgan fingerprint density at radius 3 is 1.94 bits per heavy atom. The van der Waals surface area contributed by atoms with E-state index in [1.54, 1.807) is 14.2 Å². The third kappa shape index (κ3) is 3.57. The molecule has 1 aliphatic rings. The van der Waals surface area contributed by atoms with Crippen molar-refractivity contribution >= 4 is 40.3 Å². The summed E-state index contributed by atoms with van der Waals surface area (Å²) in [6.45, 7) is 4.00. The lowest BCUT2D eigenvalue weighted by molar-refractivity contribution is 0.413. The van der Waals surface area contributed by atoms with Gasteiger partial charge >= 0.3 is 0 Å². The lowest BCUT2D eigenvalue weighted by Crippen LogP contribution is -2.22. The molecule has 1 atom stereocenters. The van der Waals surface area contributed by atoms with Gasteiger partial charge in [-0.2, -0.15) is 0 Å². The molecule has 6 rings (SSSR count). The van der Waals surface area contributed by atoms with Crippen LogP contribution in [0.3, 0.4) is 0 Å². The molecule has 0 amide bonds. The number of fused-ring (bicyclic) bond motifs is 5. The Kier molecular flexibility index (Phi) is 6.13. The van der Waals surface area contributed by atoms with Crippen molar-refractivity contribution in [1.29, 1.82) is 0 Å². The third-order valence-corrected chi connectivity index (χ3v) is 8.01. The Morgan fingerprint density at radius 2 is 1.24 bits per heavy atom. The van der Waals surface area contributed by atoms with Gasteiger partial charge in [-0.15, -0.1) is 0 Å². The minimum absolute atomic E-state index is 0.823. The first kappa shape index (κ1) is 22.3. The Labute approximate surface area is 201 Å². The van der Waals surface area contributed by atoms with E-state index in [9.17, 15) is 0 Å². The molecule has 0 aliphatic carbocycles. The summed E-state index contributed by atoms with van der Waals surface area (Å²) in [7, 11) is 2.32. The fourth-order valence-corrected chi connectivity index (χ4v) is 6.62. The summed E-state index contributed by atoms with van der Waals surface area (Å²) in [5, 5.41) is 6.61. The predicted octanol–water partition coefficient (Wildman–Crippen LogP) is 7.44. The van der Waals surface area contributed by atoms with E-state index in [-0.39, 0.29) is 0 Å². The zero-order valence-corrected chi connectivity index (χ0v) is 20.7. The maximum absolute atomic E-state index is 6.65. The van der Waals surface area contributed by atoms with Crippen molar-refractivity contribution in [3.8, 4) is 28.4 Å². The molecule has 0 saturated carbocycles. The molecule has 1 unspecified atom stereocenters. The fourth-order valence-electron chi connectivity index (χ4n) is 4.55. The molecule has 1 heterocycles. The molecule has 0 spiro atoms.